The normalized spacial score (nSPS) is 67.7. The second-order valence-electron chi connectivity index (χ2n) is 7.38. The highest BCUT2D eigenvalue weighted by Crippen LogP contribution is 2.74. The van der Waals surface area contributed by atoms with Gasteiger partial charge in [-0.2, -0.15) is 0 Å². The van der Waals surface area contributed by atoms with E-state index in [0.717, 1.165) is 38.7 Å². The first-order chi connectivity index (χ1) is 8.56. The smallest absolute Gasteiger partial charge is 0.180 e. The fraction of sp³-hybridized carbons (Fsp3) is 1.00. The van der Waals surface area contributed by atoms with Gasteiger partial charge in [0.15, 0.2) is 5.79 Å². The average molecular weight is 252 g/mol. The molecule has 0 radical (unpaired) electrons. The summed E-state index contributed by atoms with van der Waals surface area (Å²) in [5, 5.41) is 9.88. The molecule has 1 N–H and O–H groups in total. The molecule has 2 spiro atoms. The molecule has 0 aromatic carbocycles. The molecule has 4 heteroatoms. The van der Waals surface area contributed by atoms with Gasteiger partial charge < -0.3 is 19.3 Å². The molecule has 5 saturated heterocycles. The van der Waals surface area contributed by atoms with Gasteiger partial charge >= 0.3 is 0 Å². The highest BCUT2D eigenvalue weighted by atomic mass is 16.7. The Morgan fingerprint density at radius 2 is 2.22 bits per heavy atom. The molecule has 5 heterocycles. The summed E-state index contributed by atoms with van der Waals surface area (Å²) in [5.41, 5.74) is -0.403. The summed E-state index contributed by atoms with van der Waals surface area (Å²) in [6.07, 6.45) is 5.28. The minimum atomic E-state index is -0.452. The van der Waals surface area contributed by atoms with Crippen molar-refractivity contribution < 1.29 is 19.3 Å². The second kappa shape index (κ2) is 2.66. The Kier molecular flexibility index (Phi) is 1.57. The summed E-state index contributed by atoms with van der Waals surface area (Å²) in [4.78, 5) is 0. The molecule has 2 aliphatic carbocycles. The van der Waals surface area contributed by atoms with E-state index in [1.165, 1.54) is 0 Å². The zero-order valence-electron chi connectivity index (χ0n) is 10.8. The van der Waals surface area contributed by atoms with E-state index in [1.807, 2.05) is 0 Å². The van der Waals surface area contributed by atoms with Crippen LogP contribution in [-0.4, -0.2) is 41.4 Å². The summed E-state index contributed by atoms with van der Waals surface area (Å²) in [6.45, 7) is 3.07. The van der Waals surface area contributed by atoms with Crippen molar-refractivity contribution >= 4 is 0 Å². The topological polar surface area (TPSA) is 47.9 Å². The maximum absolute atomic E-state index is 9.88. The molecular formula is C14H20O4. The highest BCUT2D eigenvalue weighted by Gasteiger charge is 2.82. The van der Waals surface area contributed by atoms with Crippen molar-refractivity contribution in [1.82, 2.24) is 0 Å². The van der Waals surface area contributed by atoms with E-state index in [1.54, 1.807) is 0 Å². The van der Waals surface area contributed by atoms with Crippen molar-refractivity contribution in [2.24, 2.45) is 11.3 Å². The van der Waals surface area contributed by atoms with Gasteiger partial charge in [0, 0.05) is 18.8 Å². The number of hydrogen-bond acceptors (Lipinski definition) is 4. The monoisotopic (exact) mass is 252 g/mol. The molecule has 18 heavy (non-hydrogen) atoms. The molecule has 0 aromatic heterocycles. The Morgan fingerprint density at radius 3 is 2.94 bits per heavy atom. The summed E-state index contributed by atoms with van der Waals surface area (Å²) in [5.74, 6) is -0.0223. The Labute approximate surface area is 107 Å². The first-order valence-corrected chi connectivity index (χ1v) is 7.18. The standard InChI is InChI=1S/C14H20O4/c1-11-2-3-12(8-16-11)10-4-9-5-13(10,7-15)18-14(12,6-11)17-9/h9-10,15H,2-8H2,1H3/t9-,10-,11+,12+,13+,14-/m1/s1. The predicted molar refractivity (Wildman–Crippen MR) is 61.9 cm³/mol. The maximum atomic E-state index is 9.88. The lowest BCUT2D eigenvalue weighted by Crippen LogP contribution is -2.68. The molecule has 7 aliphatic rings. The number of ether oxygens (including phenoxy) is 3. The van der Waals surface area contributed by atoms with Crippen LogP contribution in [0, 0.1) is 11.3 Å². The molecule has 7 fully saturated rings. The van der Waals surface area contributed by atoms with Gasteiger partial charge in [0.2, 0.25) is 0 Å². The van der Waals surface area contributed by atoms with Crippen LogP contribution in [0.25, 0.3) is 0 Å². The summed E-state index contributed by atoms with van der Waals surface area (Å²) in [7, 11) is 0. The van der Waals surface area contributed by atoms with Crippen LogP contribution in [0.5, 0.6) is 0 Å². The third-order valence-electron chi connectivity index (χ3n) is 6.51. The third-order valence-corrected chi connectivity index (χ3v) is 6.51. The molecule has 7 rings (SSSR count). The summed E-state index contributed by atoms with van der Waals surface area (Å²) in [6, 6.07) is 0. The number of aliphatic hydroxyl groups excluding tert-OH is 1. The second-order valence-corrected chi connectivity index (χ2v) is 7.38. The molecule has 2 saturated carbocycles. The van der Waals surface area contributed by atoms with E-state index in [-0.39, 0.29) is 23.2 Å². The van der Waals surface area contributed by atoms with Crippen molar-refractivity contribution in [1.29, 1.82) is 0 Å². The zero-order valence-corrected chi connectivity index (χ0v) is 10.8. The molecule has 0 aromatic rings. The molecule has 6 bridgehead atoms. The van der Waals surface area contributed by atoms with Crippen LogP contribution in [0.4, 0.5) is 0 Å². The minimum absolute atomic E-state index is 0.0144. The number of aliphatic hydroxyl groups is 1. The Hall–Kier alpha value is -0.160. The molecule has 5 aliphatic heterocycles. The number of rotatable bonds is 1. The van der Waals surface area contributed by atoms with Gasteiger partial charge in [-0.05, 0) is 26.2 Å². The first-order valence-electron chi connectivity index (χ1n) is 7.18. The summed E-state index contributed by atoms with van der Waals surface area (Å²) < 4.78 is 18.9. The van der Waals surface area contributed by atoms with E-state index < -0.39 is 5.79 Å². The van der Waals surface area contributed by atoms with Crippen LogP contribution in [0.15, 0.2) is 0 Å². The Morgan fingerprint density at radius 1 is 1.33 bits per heavy atom. The maximum Gasteiger partial charge on any atom is 0.180 e. The van der Waals surface area contributed by atoms with Crippen LogP contribution < -0.4 is 0 Å². The number of hydrogen-bond donors (Lipinski definition) is 1. The van der Waals surface area contributed by atoms with Crippen LogP contribution in [-0.2, 0) is 14.2 Å². The zero-order chi connectivity index (χ0) is 12.2. The van der Waals surface area contributed by atoms with E-state index >= 15 is 0 Å². The minimum Gasteiger partial charge on any atom is -0.393 e. The average Bonchev–Trinajstić information content (AvgIpc) is 2.70. The van der Waals surface area contributed by atoms with Crippen molar-refractivity contribution in [3.8, 4) is 0 Å². The van der Waals surface area contributed by atoms with Gasteiger partial charge in [-0.1, -0.05) is 0 Å². The van der Waals surface area contributed by atoms with Gasteiger partial charge in [0.05, 0.1) is 30.3 Å². The quantitative estimate of drug-likeness (QED) is 0.762. The van der Waals surface area contributed by atoms with Crippen molar-refractivity contribution in [3.63, 3.8) is 0 Å². The first kappa shape index (κ1) is 10.6. The van der Waals surface area contributed by atoms with Crippen LogP contribution in [0.1, 0.15) is 39.0 Å². The fourth-order valence-corrected chi connectivity index (χ4v) is 5.73. The lowest BCUT2D eigenvalue weighted by atomic mass is 9.56. The van der Waals surface area contributed by atoms with Gasteiger partial charge in [-0.25, -0.2) is 0 Å². The van der Waals surface area contributed by atoms with Crippen molar-refractivity contribution in [3.05, 3.63) is 0 Å². The molecule has 6 atom stereocenters. The van der Waals surface area contributed by atoms with E-state index in [4.69, 9.17) is 14.2 Å². The Bertz CT molecular complexity index is 428. The molecule has 0 unspecified atom stereocenters. The third kappa shape index (κ3) is 0.856. The van der Waals surface area contributed by atoms with Gasteiger partial charge in [-0.3, -0.25) is 0 Å². The predicted octanol–water partition coefficient (Wildman–Crippen LogP) is 1.21. The van der Waals surface area contributed by atoms with Crippen LogP contribution in [0.3, 0.4) is 0 Å². The van der Waals surface area contributed by atoms with Crippen LogP contribution in [0.2, 0.25) is 0 Å². The van der Waals surface area contributed by atoms with Gasteiger partial charge in [-0.15, -0.1) is 0 Å². The van der Waals surface area contributed by atoms with Crippen molar-refractivity contribution in [2.45, 2.75) is 62.1 Å². The van der Waals surface area contributed by atoms with Gasteiger partial charge in [0.1, 0.15) is 5.60 Å². The largest absolute Gasteiger partial charge is 0.393 e. The summed E-state index contributed by atoms with van der Waals surface area (Å²) >= 11 is 0. The van der Waals surface area contributed by atoms with E-state index in [2.05, 4.69) is 6.92 Å². The van der Waals surface area contributed by atoms with E-state index in [9.17, 15) is 5.11 Å². The van der Waals surface area contributed by atoms with Crippen molar-refractivity contribution in [2.75, 3.05) is 13.2 Å². The van der Waals surface area contributed by atoms with E-state index in [0.29, 0.717) is 12.0 Å². The van der Waals surface area contributed by atoms with Gasteiger partial charge in [0.25, 0.3) is 0 Å². The molecular weight excluding hydrogens is 232 g/mol. The lowest BCUT2D eigenvalue weighted by molar-refractivity contribution is -0.402. The Balaban J connectivity index is 1.71. The van der Waals surface area contributed by atoms with Crippen LogP contribution >= 0.6 is 0 Å². The molecule has 100 valence electrons. The molecule has 4 nitrogen and oxygen atoms in total. The fourth-order valence-electron chi connectivity index (χ4n) is 5.73. The SMILES string of the molecule is C[C@@]12CC[C@]3(CO1)[C@H]1C[C@@H]4C[C@@]1(CO)O[C@@]3(C2)O4. The highest BCUT2D eigenvalue weighted by molar-refractivity contribution is 5.25. The molecule has 0 amide bonds. The lowest BCUT2D eigenvalue weighted by Gasteiger charge is -2.62. The number of fused-ring (bicyclic) bond motifs is 2.